The normalized spacial score (nSPS) is 16.5. The maximum absolute atomic E-state index is 11.2. The molecule has 1 aliphatic rings. The molecule has 2 rings (SSSR count). The lowest BCUT2D eigenvalue weighted by atomic mass is 10.2. The molecule has 0 spiro atoms. The van der Waals surface area contributed by atoms with Crippen LogP contribution in [0.1, 0.15) is 12.8 Å². The van der Waals surface area contributed by atoms with E-state index in [0.29, 0.717) is 10.9 Å². The van der Waals surface area contributed by atoms with Crippen LogP contribution in [0.5, 0.6) is 0 Å². The summed E-state index contributed by atoms with van der Waals surface area (Å²) in [7, 11) is 1.70. The van der Waals surface area contributed by atoms with E-state index in [1.54, 1.807) is 24.9 Å². The second-order valence-electron chi connectivity index (χ2n) is 4.09. The Morgan fingerprint density at radius 3 is 2.78 bits per heavy atom. The minimum absolute atomic E-state index is 0.177. The molecule has 5 nitrogen and oxygen atoms in total. The molecular weight excluding hydrogens is 252 g/mol. The van der Waals surface area contributed by atoms with Crippen molar-refractivity contribution in [3.63, 3.8) is 0 Å². The van der Waals surface area contributed by atoms with Gasteiger partial charge in [-0.1, -0.05) is 6.07 Å². The molecule has 0 atom stereocenters. The summed E-state index contributed by atoms with van der Waals surface area (Å²) in [6, 6.07) is 5.39. The molecule has 0 unspecified atom stereocenters. The number of nitrogens with zero attached hydrogens (tertiary/aromatic N) is 1. The van der Waals surface area contributed by atoms with Crippen LogP contribution in [0.4, 0.5) is 11.4 Å². The van der Waals surface area contributed by atoms with E-state index in [0.717, 1.165) is 31.0 Å². The molecular formula is C12H16N2O3S. The molecule has 0 saturated carbocycles. The van der Waals surface area contributed by atoms with E-state index in [4.69, 9.17) is 4.74 Å². The van der Waals surface area contributed by atoms with E-state index >= 15 is 0 Å². The van der Waals surface area contributed by atoms with Gasteiger partial charge >= 0.3 is 5.69 Å². The zero-order valence-electron chi connectivity index (χ0n) is 10.2. The summed E-state index contributed by atoms with van der Waals surface area (Å²) in [4.78, 5) is 11.6. The Hall–Kier alpha value is -1.27. The van der Waals surface area contributed by atoms with Crippen LogP contribution in [0.15, 0.2) is 23.1 Å². The molecule has 1 saturated heterocycles. The number of nitro benzene ring substituents is 1. The van der Waals surface area contributed by atoms with Crippen LogP contribution >= 0.6 is 11.8 Å². The standard InChI is InChI=1S/C12H16N2O3S/c1-13-10-3-2-4-11(12(10)14(15)16)18-9-5-7-17-8-6-9/h2-4,9,13H,5-8H2,1H3. The number of hydrogen-bond acceptors (Lipinski definition) is 5. The van der Waals surface area contributed by atoms with Crippen molar-refractivity contribution in [2.24, 2.45) is 0 Å². The fourth-order valence-electron chi connectivity index (χ4n) is 1.98. The Morgan fingerprint density at radius 1 is 1.44 bits per heavy atom. The van der Waals surface area contributed by atoms with Crippen molar-refractivity contribution >= 4 is 23.1 Å². The van der Waals surface area contributed by atoms with Crippen molar-refractivity contribution in [2.75, 3.05) is 25.6 Å². The smallest absolute Gasteiger partial charge is 0.305 e. The van der Waals surface area contributed by atoms with Gasteiger partial charge in [0.1, 0.15) is 5.69 Å². The highest BCUT2D eigenvalue weighted by Gasteiger charge is 2.23. The van der Waals surface area contributed by atoms with Crippen molar-refractivity contribution in [1.29, 1.82) is 0 Å². The van der Waals surface area contributed by atoms with E-state index in [1.165, 1.54) is 0 Å². The molecule has 1 N–H and O–H groups in total. The van der Waals surface area contributed by atoms with Crippen LogP contribution in [0.2, 0.25) is 0 Å². The summed E-state index contributed by atoms with van der Waals surface area (Å²) in [5.41, 5.74) is 0.744. The molecule has 18 heavy (non-hydrogen) atoms. The Kier molecular flexibility index (Phi) is 4.43. The minimum atomic E-state index is -0.312. The average molecular weight is 268 g/mol. The number of benzene rings is 1. The van der Waals surface area contributed by atoms with Crippen molar-refractivity contribution < 1.29 is 9.66 Å². The summed E-state index contributed by atoms with van der Waals surface area (Å²) in [6.45, 7) is 1.49. The van der Waals surface area contributed by atoms with E-state index in [2.05, 4.69) is 5.32 Å². The Labute approximate surface area is 110 Å². The molecule has 6 heteroatoms. The first kappa shape index (κ1) is 13.2. The number of rotatable bonds is 4. The molecule has 0 aliphatic carbocycles. The van der Waals surface area contributed by atoms with Gasteiger partial charge < -0.3 is 10.1 Å². The van der Waals surface area contributed by atoms with Gasteiger partial charge in [0, 0.05) is 25.5 Å². The minimum Gasteiger partial charge on any atom is -0.383 e. The molecule has 1 aliphatic heterocycles. The van der Waals surface area contributed by atoms with E-state index in [9.17, 15) is 10.1 Å². The Bertz CT molecular complexity index is 433. The van der Waals surface area contributed by atoms with Crippen molar-refractivity contribution in [1.82, 2.24) is 0 Å². The lowest BCUT2D eigenvalue weighted by Crippen LogP contribution is -2.17. The number of hydrogen-bond donors (Lipinski definition) is 1. The van der Waals surface area contributed by atoms with Crippen molar-refractivity contribution in [3.05, 3.63) is 28.3 Å². The number of nitrogens with one attached hydrogen (secondary N) is 1. The van der Waals surface area contributed by atoms with E-state index < -0.39 is 0 Å². The molecule has 0 bridgehead atoms. The second kappa shape index (κ2) is 6.06. The lowest BCUT2D eigenvalue weighted by molar-refractivity contribution is -0.386. The first-order valence-corrected chi connectivity index (χ1v) is 6.80. The van der Waals surface area contributed by atoms with Crippen LogP contribution in [0.25, 0.3) is 0 Å². The molecule has 0 aromatic heterocycles. The van der Waals surface area contributed by atoms with Gasteiger partial charge in [0.05, 0.1) is 9.82 Å². The van der Waals surface area contributed by atoms with Crippen LogP contribution in [0.3, 0.4) is 0 Å². The molecule has 1 aromatic rings. The van der Waals surface area contributed by atoms with Gasteiger partial charge in [0.25, 0.3) is 0 Å². The lowest BCUT2D eigenvalue weighted by Gasteiger charge is -2.21. The molecule has 0 amide bonds. The third-order valence-corrected chi connectivity index (χ3v) is 4.30. The maximum atomic E-state index is 11.2. The predicted octanol–water partition coefficient (Wildman–Crippen LogP) is 2.91. The van der Waals surface area contributed by atoms with Crippen LogP contribution in [-0.2, 0) is 4.74 Å². The Balaban J connectivity index is 2.23. The third kappa shape index (κ3) is 2.94. The van der Waals surface area contributed by atoms with Gasteiger partial charge in [-0.2, -0.15) is 0 Å². The molecule has 1 aromatic carbocycles. The molecule has 1 heterocycles. The zero-order valence-corrected chi connectivity index (χ0v) is 11.0. The number of para-hydroxylation sites is 1. The van der Waals surface area contributed by atoms with Crippen LogP contribution < -0.4 is 5.32 Å². The monoisotopic (exact) mass is 268 g/mol. The zero-order chi connectivity index (χ0) is 13.0. The molecule has 0 radical (unpaired) electrons. The van der Waals surface area contributed by atoms with Crippen LogP contribution in [-0.4, -0.2) is 30.4 Å². The molecule has 98 valence electrons. The first-order valence-electron chi connectivity index (χ1n) is 5.92. The van der Waals surface area contributed by atoms with Gasteiger partial charge in [-0.3, -0.25) is 10.1 Å². The van der Waals surface area contributed by atoms with Gasteiger partial charge in [-0.05, 0) is 25.0 Å². The number of thioether (sulfide) groups is 1. The first-order chi connectivity index (χ1) is 8.72. The highest BCUT2D eigenvalue weighted by Crippen LogP contribution is 2.39. The van der Waals surface area contributed by atoms with Gasteiger partial charge in [-0.15, -0.1) is 11.8 Å². The summed E-state index contributed by atoms with van der Waals surface area (Å²) >= 11 is 1.59. The van der Waals surface area contributed by atoms with Crippen molar-refractivity contribution in [3.8, 4) is 0 Å². The van der Waals surface area contributed by atoms with E-state index in [1.807, 2.05) is 12.1 Å². The molecule has 1 fully saturated rings. The summed E-state index contributed by atoms with van der Waals surface area (Å²) in [5.74, 6) is 0. The quantitative estimate of drug-likeness (QED) is 0.672. The van der Waals surface area contributed by atoms with Gasteiger partial charge in [-0.25, -0.2) is 0 Å². The highest BCUT2D eigenvalue weighted by molar-refractivity contribution is 8.00. The third-order valence-electron chi connectivity index (χ3n) is 2.91. The van der Waals surface area contributed by atoms with E-state index in [-0.39, 0.29) is 10.6 Å². The fraction of sp³-hybridized carbons (Fsp3) is 0.500. The summed E-state index contributed by atoms with van der Waals surface area (Å²) in [6.07, 6.45) is 1.90. The Morgan fingerprint density at radius 2 is 2.17 bits per heavy atom. The largest absolute Gasteiger partial charge is 0.383 e. The predicted molar refractivity (Wildman–Crippen MR) is 72.3 cm³/mol. The number of ether oxygens (including phenoxy) is 1. The second-order valence-corrected chi connectivity index (χ2v) is 5.43. The fourth-order valence-corrected chi connectivity index (χ4v) is 3.22. The topological polar surface area (TPSA) is 64.4 Å². The average Bonchev–Trinajstić information content (AvgIpc) is 2.39. The van der Waals surface area contributed by atoms with Crippen molar-refractivity contribution in [2.45, 2.75) is 23.0 Å². The van der Waals surface area contributed by atoms with Crippen LogP contribution in [0, 0.1) is 10.1 Å². The highest BCUT2D eigenvalue weighted by atomic mass is 32.2. The van der Waals surface area contributed by atoms with Gasteiger partial charge in [0.15, 0.2) is 0 Å². The summed E-state index contributed by atoms with van der Waals surface area (Å²) in [5, 5.41) is 14.5. The summed E-state index contributed by atoms with van der Waals surface area (Å²) < 4.78 is 5.30. The number of anilines is 1. The SMILES string of the molecule is CNc1cccc(SC2CCOCC2)c1[N+](=O)[O-]. The maximum Gasteiger partial charge on any atom is 0.305 e. The van der Waals surface area contributed by atoms with Gasteiger partial charge in [0.2, 0.25) is 0 Å². The number of nitro groups is 1.